The van der Waals surface area contributed by atoms with E-state index in [1.165, 1.54) is 31.0 Å². The number of nitrogens with one attached hydrogen (secondary N) is 2. The van der Waals surface area contributed by atoms with Crippen molar-refractivity contribution in [3.8, 4) is 12.0 Å². The van der Waals surface area contributed by atoms with E-state index in [1.54, 1.807) is 0 Å². The first-order chi connectivity index (χ1) is 32.4. The monoisotopic (exact) mass is 911 g/mol. The summed E-state index contributed by atoms with van der Waals surface area (Å²) in [5.74, 6) is 1.86. The number of aromatic amines is 2. The number of H-pyrrole nitrogens is 2. The number of nitrogens with zero attached hydrogens (tertiary/aromatic N) is 3. The van der Waals surface area contributed by atoms with E-state index in [2.05, 4.69) is 31.5 Å². The molecule has 0 spiro atoms. The Morgan fingerprint density at radius 1 is 0.642 bits per heavy atom. The SMILES string of the molecule is C=C1Cc2oc(=O)cc(CC)c2C(OCC2CC2)=N1.CCc1cc(=O)oc2nc(O[C@@H](CC)c3ccccc3)[nH]c(=O)c12.CCc1cc(=O)oc2nc(O[C@@H](CC)c3ccccc3)[nH]c(=O)c12. The molecule has 0 unspecified atom stereocenters. The van der Waals surface area contributed by atoms with Crippen LogP contribution in [0.2, 0.25) is 0 Å². The van der Waals surface area contributed by atoms with E-state index in [-0.39, 0.29) is 63.2 Å². The molecule has 1 aliphatic heterocycles. The molecule has 0 bridgehead atoms. The molecule has 1 aliphatic carbocycles. The van der Waals surface area contributed by atoms with Crippen molar-refractivity contribution in [2.45, 2.75) is 98.2 Å². The van der Waals surface area contributed by atoms with E-state index < -0.39 is 11.3 Å². The molecular weight excluding hydrogens is 859 g/mol. The van der Waals surface area contributed by atoms with Crippen molar-refractivity contribution in [3.05, 3.63) is 182 Å². The van der Waals surface area contributed by atoms with Crippen molar-refractivity contribution in [2.75, 3.05) is 6.61 Å². The smallest absolute Gasteiger partial charge is 0.337 e. The Labute approximate surface area is 384 Å². The van der Waals surface area contributed by atoms with Crippen molar-refractivity contribution < 1.29 is 27.5 Å². The first kappa shape index (κ1) is 47.3. The summed E-state index contributed by atoms with van der Waals surface area (Å²) in [5, 5.41) is 0.578. The van der Waals surface area contributed by atoms with Gasteiger partial charge in [0.1, 0.15) is 28.7 Å². The van der Waals surface area contributed by atoms with E-state index in [1.807, 2.05) is 95.3 Å². The first-order valence-electron chi connectivity index (χ1n) is 22.5. The number of aliphatic imine (C=N–C) groups is 1. The number of rotatable bonds is 13. The molecular formula is C51H53N5O11. The van der Waals surface area contributed by atoms with Crippen LogP contribution in [0.5, 0.6) is 12.0 Å². The number of ether oxygens (including phenoxy) is 3. The van der Waals surface area contributed by atoms with Gasteiger partial charge in [0.15, 0.2) is 0 Å². The highest BCUT2D eigenvalue weighted by atomic mass is 16.5. The Kier molecular flexibility index (Phi) is 15.2. The fourth-order valence-electron chi connectivity index (χ4n) is 7.57. The second-order valence-electron chi connectivity index (χ2n) is 16.0. The molecule has 0 saturated heterocycles. The van der Waals surface area contributed by atoms with Crippen LogP contribution >= 0.6 is 0 Å². The molecule has 1 saturated carbocycles. The summed E-state index contributed by atoms with van der Waals surface area (Å²) in [7, 11) is 0. The van der Waals surface area contributed by atoms with Crippen LogP contribution in [-0.2, 0) is 30.4 Å². The highest BCUT2D eigenvalue weighted by molar-refractivity contribution is 5.98. The topological polar surface area (TPSA) is 222 Å². The van der Waals surface area contributed by atoms with Crippen LogP contribution in [0.25, 0.3) is 22.2 Å². The molecule has 348 valence electrons. The highest BCUT2D eigenvalue weighted by Gasteiger charge is 2.28. The predicted octanol–water partition coefficient (Wildman–Crippen LogP) is 8.38. The number of aromatic nitrogens is 4. The number of benzene rings is 2. The molecule has 2 aromatic carbocycles. The average molecular weight is 912 g/mol. The molecule has 16 nitrogen and oxygen atoms in total. The number of allylic oxidation sites excluding steroid dienone is 1. The maximum absolute atomic E-state index is 12.4. The largest absolute Gasteiger partial charge is 0.477 e. The molecule has 16 heteroatoms. The molecule has 7 aromatic rings. The van der Waals surface area contributed by atoms with Crippen molar-refractivity contribution in [1.29, 1.82) is 0 Å². The summed E-state index contributed by atoms with van der Waals surface area (Å²) in [4.78, 5) is 77.5. The maximum Gasteiger partial charge on any atom is 0.337 e. The van der Waals surface area contributed by atoms with Gasteiger partial charge in [-0.3, -0.25) is 19.6 Å². The third-order valence-electron chi connectivity index (χ3n) is 11.2. The molecule has 2 atom stereocenters. The van der Waals surface area contributed by atoms with Gasteiger partial charge in [-0.2, -0.15) is 9.97 Å². The molecule has 1 fully saturated rings. The second-order valence-corrected chi connectivity index (χ2v) is 16.0. The van der Waals surface area contributed by atoms with Gasteiger partial charge in [-0.15, -0.1) is 0 Å². The van der Waals surface area contributed by atoms with E-state index in [4.69, 9.17) is 27.5 Å². The molecule has 2 aliphatic rings. The zero-order valence-electron chi connectivity index (χ0n) is 38.1. The van der Waals surface area contributed by atoms with Gasteiger partial charge in [0.2, 0.25) is 17.3 Å². The van der Waals surface area contributed by atoms with Crippen molar-refractivity contribution in [3.63, 3.8) is 0 Å². The third kappa shape index (κ3) is 11.6. The minimum Gasteiger partial charge on any atom is -0.477 e. The standard InChI is InChI=1S/2C18H18N2O4.C15H17NO3/c2*1-3-11-10-14(21)24-17-15(11)16(22)19-18(20-17)23-13(4-2)12-8-6-5-7-9-12;1-3-11-7-13(17)19-12-6-9(2)16-15(14(11)12)18-8-10-4-5-10/h2*5-10,13H,3-4H2,1-2H3,(H,19,20,22);7,10H,2-6,8H2,1H3/t2*13-;/m00./s1. The van der Waals surface area contributed by atoms with Crippen LogP contribution in [0, 0.1) is 5.92 Å². The lowest BCUT2D eigenvalue weighted by atomic mass is 10.0. The maximum atomic E-state index is 12.4. The first-order valence-corrected chi connectivity index (χ1v) is 22.5. The summed E-state index contributed by atoms with van der Waals surface area (Å²) in [6.07, 6.45) is 5.65. The summed E-state index contributed by atoms with van der Waals surface area (Å²) < 4.78 is 32.9. The van der Waals surface area contributed by atoms with Crippen LogP contribution in [-0.4, -0.2) is 32.4 Å². The number of hydrogen-bond donors (Lipinski definition) is 2. The van der Waals surface area contributed by atoms with E-state index >= 15 is 0 Å². The molecule has 5 aromatic heterocycles. The highest BCUT2D eigenvalue weighted by Crippen LogP contribution is 2.31. The zero-order valence-corrected chi connectivity index (χ0v) is 38.1. The predicted molar refractivity (Wildman–Crippen MR) is 253 cm³/mol. The Balaban J connectivity index is 0.000000150. The molecule has 2 N–H and O–H groups in total. The van der Waals surface area contributed by atoms with Crippen molar-refractivity contribution in [2.24, 2.45) is 10.9 Å². The minimum absolute atomic E-state index is 0.000940. The molecule has 9 rings (SSSR count). The van der Waals surface area contributed by atoms with Crippen LogP contribution < -0.4 is 37.5 Å². The van der Waals surface area contributed by atoms with Gasteiger partial charge in [0, 0.05) is 30.3 Å². The molecule has 0 amide bonds. The Morgan fingerprint density at radius 3 is 1.52 bits per heavy atom. The third-order valence-corrected chi connectivity index (χ3v) is 11.2. The van der Waals surface area contributed by atoms with Crippen LogP contribution in [0.15, 0.2) is 133 Å². The summed E-state index contributed by atoms with van der Waals surface area (Å²) in [6.45, 7) is 14.2. The minimum atomic E-state index is -0.529. The van der Waals surface area contributed by atoms with Gasteiger partial charge in [-0.25, -0.2) is 19.4 Å². The van der Waals surface area contributed by atoms with Gasteiger partial charge in [-0.05, 0) is 78.7 Å². The fourth-order valence-corrected chi connectivity index (χ4v) is 7.57. The Bertz CT molecular complexity index is 3040. The molecule has 0 radical (unpaired) electrons. The lowest BCUT2D eigenvalue weighted by molar-refractivity contribution is 0.183. The van der Waals surface area contributed by atoms with Gasteiger partial charge in [0.05, 0.1) is 12.2 Å². The lowest BCUT2D eigenvalue weighted by Gasteiger charge is -2.19. The number of fused-ring (bicyclic) bond motifs is 3. The second kappa shape index (κ2) is 21.6. The number of aryl methyl sites for hydroxylation is 3. The van der Waals surface area contributed by atoms with E-state index in [9.17, 15) is 24.0 Å². The van der Waals surface area contributed by atoms with Gasteiger partial charge >= 0.3 is 16.9 Å². The number of hydrogen-bond acceptors (Lipinski definition) is 14. The Hall–Kier alpha value is -7.62. The Morgan fingerprint density at radius 2 is 1.09 bits per heavy atom. The summed E-state index contributed by atoms with van der Waals surface area (Å²) in [5.41, 5.74) is 3.52. The van der Waals surface area contributed by atoms with Crippen LogP contribution in [0.3, 0.4) is 0 Å². The van der Waals surface area contributed by atoms with Crippen molar-refractivity contribution >= 4 is 28.1 Å². The normalized spacial score (nSPS) is 13.9. The van der Waals surface area contributed by atoms with E-state index in [0.717, 1.165) is 28.7 Å². The van der Waals surface area contributed by atoms with Crippen LogP contribution in [0.4, 0.5) is 0 Å². The van der Waals surface area contributed by atoms with Crippen LogP contribution in [0.1, 0.15) is 112 Å². The zero-order chi connectivity index (χ0) is 47.6. The summed E-state index contributed by atoms with van der Waals surface area (Å²) in [6, 6.07) is 23.6. The van der Waals surface area contributed by atoms with Crippen molar-refractivity contribution in [1.82, 2.24) is 19.9 Å². The van der Waals surface area contributed by atoms with E-state index in [0.29, 0.717) is 73.1 Å². The van der Waals surface area contributed by atoms with Gasteiger partial charge < -0.3 is 27.5 Å². The quantitative estimate of drug-likeness (QED) is 0.111. The molecule has 6 heterocycles. The summed E-state index contributed by atoms with van der Waals surface area (Å²) >= 11 is 0. The fraction of sp³-hybridized carbons (Fsp3) is 0.333. The van der Waals surface area contributed by atoms with Gasteiger partial charge in [-0.1, -0.05) is 102 Å². The average Bonchev–Trinajstić information content (AvgIpc) is 4.16. The molecule has 67 heavy (non-hydrogen) atoms. The van der Waals surface area contributed by atoms with Gasteiger partial charge in [0.25, 0.3) is 23.1 Å². The lowest BCUT2D eigenvalue weighted by Crippen LogP contribution is -2.21.